The molecule has 0 aliphatic heterocycles. The van der Waals surface area contributed by atoms with Gasteiger partial charge in [0.05, 0.1) is 0 Å². The minimum atomic E-state index is 0.229. The Labute approximate surface area is 212 Å². The second kappa shape index (κ2) is 9.83. The predicted octanol–water partition coefficient (Wildman–Crippen LogP) is 9.81. The van der Waals surface area contributed by atoms with Crippen LogP contribution in [-0.2, 0) is 36.5 Å². The van der Waals surface area contributed by atoms with Crippen LogP contribution in [0.2, 0.25) is 0 Å². The van der Waals surface area contributed by atoms with Crippen molar-refractivity contribution in [3.05, 3.63) is 67.8 Å². The van der Waals surface area contributed by atoms with Gasteiger partial charge in [-0.25, -0.2) is 0 Å². The lowest BCUT2D eigenvalue weighted by atomic mass is 9.75. The quantitative estimate of drug-likeness (QED) is 0.418. The molecule has 0 saturated carbocycles. The lowest BCUT2D eigenvalue weighted by Crippen LogP contribution is -2.19. The van der Waals surface area contributed by atoms with E-state index in [-0.39, 0.29) is 5.41 Å². The summed E-state index contributed by atoms with van der Waals surface area (Å²) in [5.41, 5.74) is 16.9. The van der Waals surface area contributed by atoms with E-state index in [0.717, 1.165) is 0 Å². The van der Waals surface area contributed by atoms with E-state index in [1.807, 2.05) is 0 Å². The molecule has 0 atom stereocenters. The van der Waals surface area contributed by atoms with Crippen molar-refractivity contribution in [2.24, 2.45) is 0 Å². The molecule has 0 heterocycles. The van der Waals surface area contributed by atoms with Gasteiger partial charge in [-0.05, 0) is 125 Å². The Morgan fingerprint density at radius 3 is 1.24 bits per heavy atom. The van der Waals surface area contributed by atoms with E-state index in [0.29, 0.717) is 17.3 Å². The summed E-state index contributed by atoms with van der Waals surface area (Å²) in [5.74, 6) is 1.20. The van der Waals surface area contributed by atoms with Crippen LogP contribution >= 0.6 is 0 Å². The second-order valence-electron chi connectivity index (χ2n) is 13.7. The third-order valence-corrected chi connectivity index (χ3v) is 8.03. The third-order valence-electron chi connectivity index (χ3n) is 8.03. The van der Waals surface area contributed by atoms with E-state index in [1.165, 1.54) is 55.2 Å². The summed E-state index contributed by atoms with van der Waals surface area (Å²) in [5, 5.41) is 0. The van der Waals surface area contributed by atoms with Crippen molar-refractivity contribution in [3.8, 4) is 0 Å². The van der Waals surface area contributed by atoms with Crippen LogP contribution in [-0.4, -0.2) is 0 Å². The van der Waals surface area contributed by atoms with Crippen LogP contribution in [0.25, 0.3) is 0 Å². The molecule has 0 spiro atoms. The van der Waals surface area contributed by atoms with Crippen LogP contribution in [0.4, 0.5) is 0 Å². The first-order valence-corrected chi connectivity index (χ1v) is 14.0. The smallest absolute Gasteiger partial charge is 0.0126 e. The van der Waals surface area contributed by atoms with E-state index in [2.05, 4.69) is 95.2 Å². The normalized spacial score (nSPS) is 15.5. The number of hydrogen-bond donors (Lipinski definition) is 0. The first-order valence-electron chi connectivity index (χ1n) is 14.0. The van der Waals surface area contributed by atoms with E-state index in [4.69, 9.17) is 0 Å². The third kappa shape index (κ3) is 5.32. The second-order valence-corrected chi connectivity index (χ2v) is 13.7. The highest BCUT2D eigenvalue weighted by atomic mass is 14.4. The molecule has 4 rings (SSSR count). The van der Waals surface area contributed by atoms with Crippen LogP contribution in [0.5, 0.6) is 0 Å². The van der Waals surface area contributed by atoms with Crippen molar-refractivity contribution in [1.29, 1.82) is 0 Å². The van der Waals surface area contributed by atoms with Gasteiger partial charge < -0.3 is 0 Å². The van der Waals surface area contributed by atoms with Crippen molar-refractivity contribution in [2.45, 2.75) is 144 Å². The fourth-order valence-corrected chi connectivity index (χ4v) is 6.76. The molecule has 2 aromatic rings. The molecule has 0 amide bonds. The SMILES string of the molecule is Cc1c2c(c(C(C)(C)C)c3c1CCC3)CCC2.Cc1cc(C(C)C)c(C(C)(C)C)c(C(C)C)c1. The van der Waals surface area contributed by atoms with E-state index in [1.54, 1.807) is 38.9 Å². The van der Waals surface area contributed by atoms with E-state index < -0.39 is 0 Å². The first kappa shape index (κ1) is 27.0. The Bertz CT molecular complexity index is 967. The van der Waals surface area contributed by atoms with Crippen LogP contribution in [0.15, 0.2) is 12.1 Å². The zero-order valence-corrected chi connectivity index (χ0v) is 24.6. The number of benzene rings is 2. The highest BCUT2D eigenvalue weighted by molar-refractivity contribution is 5.57. The molecule has 0 heteroatoms. The molecule has 0 radical (unpaired) electrons. The van der Waals surface area contributed by atoms with Gasteiger partial charge in [-0.3, -0.25) is 0 Å². The van der Waals surface area contributed by atoms with E-state index in [9.17, 15) is 0 Å². The molecule has 0 nitrogen and oxygen atoms in total. The van der Waals surface area contributed by atoms with Gasteiger partial charge in [-0.1, -0.05) is 86.9 Å². The molecule has 2 aliphatic rings. The standard InChI is InChI=1S/C17H24.C17H28/c1-11-12-7-5-9-14(12)16(17(2,3)4)15-10-6-8-13(11)15;1-11(2)14-9-13(5)10-15(12(3)4)16(14)17(6,7)8/h5-10H2,1-4H3;9-12H,1-8H3. The molecular weight excluding hydrogens is 408 g/mol. The van der Waals surface area contributed by atoms with Crippen molar-refractivity contribution < 1.29 is 0 Å². The fourth-order valence-electron chi connectivity index (χ4n) is 6.76. The summed E-state index contributed by atoms with van der Waals surface area (Å²) in [4.78, 5) is 0. The lowest BCUT2D eigenvalue weighted by molar-refractivity contribution is 0.563. The van der Waals surface area contributed by atoms with Crippen molar-refractivity contribution in [1.82, 2.24) is 0 Å². The lowest BCUT2D eigenvalue weighted by Gasteiger charge is -2.30. The summed E-state index contributed by atoms with van der Waals surface area (Å²) in [6.07, 6.45) is 8.07. The van der Waals surface area contributed by atoms with Crippen molar-refractivity contribution >= 4 is 0 Å². The Morgan fingerprint density at radius 2 is 0.912 bits per heavy atom. The summed E-state index contributed by atoms with van der Waals surface area (Å²) in [6, 6.07) is 4.74. The molecule has 34 heavy (non-hydrogen) atoms. The van der Waals surface area contributed by atoms with Gasteiger partial charge in [-0.2, -0.15) is 0 Å². The molecule has 0 N–H and O–H groups in total. The highest BCUT2D eigenvalue weighted by Gasteiger charge is 2.31. The van der Waals surface area contributed by atoms with Gasteiger partial charge >= 0.3 is 0 Å². The molecule has 0 fully saturated rings. The predicted molar refractivity (Wildman–Crippen MR) is 152 cm³/mol. The maximum absolute atomic E-state index is 2.40. The number of rotatable bonds is 2. The topological polar surface area (TPSA) is 0 Å². The van der Waals surface area contributed by atoms with Gasteiger partial charge in [0, 0.05) is 0 Å². The summed E-state index contributed by atoms with van der Waals surface area (Å²) in [7, 11) is 0. The minimum absolute atomic E-state index is 0.229. The van der Waals surface area contributed by atoms with Gasteiger partial charge in [0.1, 0.15) is 0 Å². The molecule has 188 valence electrons. The van der Waals surface area contributed by atoms with Crippen LogP contribution < -0.4 is 0 Å². The number of aryl methyl sites for hydroxylation is 1. The minimum Gasteiger partial charge on any atom is -0.0587 e. The average Bonchev–Trinajstić information content (AvgIpc) is 3.36. The van der Waals surface area contributed by atoms with Crippen molar-refractivity contribution in [3.63, 3.8) is 0 Å². The average molecular weight is 461 g/mol. The van der Waals surface area contributed by atoms with Gasteiger partial charge in [0.25, 0.3) is 0 Å². The Balaban J connectivity index is 0.000000191. The Kier molecular flexibility index (Phi) is 7.82. The maximum Gasteiger partial charge on any atom is -0.0126 e. The zero-order valence-electron chi connectivity index (χ0n) is 24.6. The highest BCUT2D eigenvalue weighted by Crippen LogP contribution is 2.43. The van der Waals surface area contributed by atoms with E-state index >= 15 is 0 Å². The largest absolute Gasteiger partial charge is 0.0587 e. The first-order chi connectivity index (χ1) is 15.6. The summed E-state index contributed by atoms with van der Waals surface area (Å²) < 4.78 is 0. The van der Waals surface area contributed by atoms with Crippen LogP contribution in [0.3, 0.4) is 0 Å². The molecular formula is C34H52. The fraction of sp³-hybridized carbons (Fsp3) is 0.647. The molecule has 0 saturated heterocycles. The maximum atomic E-state index is 2.40. The van der Waals surface area contributed by atoms with Gasteiger partial charge in [-0.15, -0.1) is 0 Å². The van der Waals surface area contributed by atoms with Crippen LogP contribution in [0.1, 0.15) is 150 Å². The molecule has 2 aliphatic carbocycles. The molecule has 0 bridgehead atoms. The number of fused-ring (bicyclic) bond motifs is 2. The van der Waals surface area contributed by atoms with Gasteiger partial charge in [0.2, 0.25) is 0 Å². The van der Waals surface area contributed by atoms with Crippen molar-refractivity contribution in [2.75, 3.05) is 0 Å². The summed E-state index contributed by atoms with van der Waals surface area (Å²) >= 11 is 0. The van der Waals surface area contributed by atoms with Crippen LogP contribution in [0, 0.1) is 13.8 Å². The van der Waals surface area contributed by atoms with Gasteiger partial charge in [0.15, 0.2) is 0 Å². The molecule has 0 aromatic heterocycles. The number of hydrogen-bond acceptors (Lipinski definition) is 0. The zero-order chi connectivity index (χ0) is 25.6. The molecule has 2 aromatic carbocycles. The Morgan fingerprint density at radius 1 is 0.559 bits per heavy atom. The summed E-state index contributed by atoms with van der Waals surface area (Å²) in [6.45, 7) is 28.0. The monoisotopic (exact) mass is 460 g/mol. The Hall–Kier alpha value is -1.56. The molecule has 0 unspecified atom stereocenters.